The second-order valence-electron chi connectivity index (χ2n) is 5.88. The monoisotopic (exact) mass is 280 g/mol. The van der Waals surface area contributed by atoms with Gasteiger partial charge in [0.25, 0.3) is 5.79 Å². The fraction of sp³-hybridized carbons (Fsp3) is 0.625. The molecule has 4 nitrogen and oxygen atoms in total. The van der Waals surface area contributed by atoms with Gasteiger partial charge >= 0.3 is 11.9 Å². The zero-order chi connectivity index (χ0) is 15.6. The number of rotatable bonds is 4. The van der Waals surface area contributed by atoms with Crippen LogP contribution >= 0.6 is 0 Å². The van der Waals surface area contributed by atoms with Crippen LogP contribution in [0.15, 0.2) is 23.3 Å². The molecule has 1 rings (SSSR count). The molecule has 0 aromatic rings. The Kier molecular flexibility index (Phi) is 4.79. The standard InChI is InChI=1S/C16H24O4/c1-7-11(3)9-16(10-12(4)8-2)13(17)19-15(5,6)20-14(16)18/h7-8H,9-10H2,1-6H3/b11-7-,12-8-. The van der Waals surface area contributed by atoms with Crippen LogP contribution in [0.25, 0.3) is 0 Å². The van der Waals surface area contributed by atoms with Gasteiger partial charge in [-0.3, -0.25) is 9.59 Å². The van der Waals surface area contributed by atoms with Gasteiger partial charge in [0.1, 0.15) is 0 Å². The van der Waals surface area contributed by atoms with Crippen LogP contribution in [-0.2, 0) is 19.1 Å². The van der Waals surface area contributed by atoms with Gasteiger partial charge in [-0.25, -0.2) is 0 Å². The van der Waals surface area contributed by atoms with E-state index in [-0.39, 0.29) is 0 Å². The second-order valence-corrected chi connectivity index (χ2v) is 5.88. The summed E-state index contributed by atoms with van der Waals surface area (Å²) in [5.74, 6) is -2.19. The first-order valence-corrected chi connectivity index (χ1v) is 6.87. The van der Waals surface area contributed by atoms with Gasteiger partial charge in [0.15, 0.2) is 5.41 Å². The molecule has 0 radical (unpaired) electrons. The van der Waals surface area contributed by atoms with E-state index < -0.39 is 23.1 Å². The van der Waals surface area contributed by atoms with Crippen LogP contribution < -0.4 is 0 Å². The highest BCUT2D eigenvalue weighted by molar-refractivity contribution is 6.02. The Balaban J connectivity index is 3.23. The minimum absolute atomic E-state index is 0.322. The summed E-state index contributed by atoms with van der Waals surface area (Å²) in [5.41, 5.74) is 0.660. The Morgan fingerprint density at radius 1 is 0.950 bits per heavy atom. The van der Waals surface area contributed by atoms with Crippen LogP contribution in [0.1, 0.15) is 54.4 Å². The van der Waals surface area contributed by atoms with E-state index in [1.807, 2.05) is 39.8 Å². The van der Waals surface area contributed by atoms with Crippen LogP contribution in [-0.4, -0.2) is 17.7 Å². The first-order valence-electron chi connectivity index (χ1n) is 6.87. The molecule has 0 unspecified atom stereocenters. The maximum absolute atomic E-state index is 12.5. The number of hydrogen-bond acceptors (Lipinski definition) is 4. The second kappa shape index (κ2) is 5.81. The van der Waals surface area contributed by atoms with Crippen molar-refractivity contribution >= 4 is 11.9 Å². The number of cyclic esters (lactones) is 2. The number of carbonyl (C=O) groups excluding carboxylic acids is 2. The van der Waals surface area contributed by atoms with Crippen molar-refractivity contribution in [3.05, 3.63) is 23.3 Å². The molecule has 1 aliphatic rings. The maximum Gasteiger partial charge on any atom is 0.327 e. The van der Waals surface area contributed by atoms with Gasteiger partial charge in [-0.15, -0.1) is 0 Å². The molecule has 1 heterocycles. The Labute approximate surface area is 120 Å². The van der Waals surface area contributed by atoms with E-state index in [4.69, 9.17) is 9.47 Å². The lowest BCUT2D eigenvalue weighted by atomic mass is 9.75. The lowest BCUT2D eigenvalue weighted by molar-refractivity contribution is -0.251. The highest BCUT2D eigenvalue weighted by atomic mass is 16.7. The lowest BCUT2D eigenvalue weighted by Gasteiger charge is -2.40. The minimum atomic E-state index is -1.26. The molecule has 0 atom stereocenters. The molecule has 0 aliphatic carbocycles. The van der Waals surface area contributed by atoms with Crippen LogP contribution in [0.2, 0.25) is 0 Å². The minimum Gasteiger partial charge on any atom is -0.422 e. The van der Waals surface area contributed by atoms with Crippen molar-refractivity contribution in [1.82, 2.24) is 0 Å². The molecule has 0 aromatic heterocycles. The predicted octanol–water partition coefficient (Wildman–Crippen LogP) is 3.52. The van der Waals surface area contributed by atoms with Crippen LogP contribution in [0.3, 0.4) is 0 Å². The first kappa shape index (κ1) is 16.5. The summed E-state index contributed by atoms with van der Waals surface area (Å²) in [7, 11) is 0. The third-order valence-corrected chi connectivity index (χ3v) is 3.61. The van der Waals surface area contributed by atoms with Gasteiger partial charge in [0.05, 0.1) is 0 Å². The van der Waals surface area contributed by atoms with E-state index in [0.29, 0.717) is 12.8 Å². The number of hydrogen-bond donors (Lipinski definition) is 0. The van der Waals surface area contributed by atoms with E-state index in [0.717, 1.165) is 11.1 Å². The SMILES string of the molecule is C/C=C(/C)CC1(C/C(C)=C\C)C(=O)OC(C)(C)OC1=O. The molecule has 0 bridgehead atoms. The molecule has 4 heteroatoms. The van der Waals surface area contributed by atoms with Crippen LogP contribution in [0.5, 0.6) is 0 Å². The van der Waals surface area contributed by atoms with E-state index >= 15 is 0 Å². The molecule has 0 saturated carbocycles. The summed E-state index contributed by atoms with van der Waals surface area (Å²) >= 11 is 0. The number of esters is 2. The molecular weight excluding hydrogens is 256 g/mol. The van der Waals surface area contributed by atoms with Crippen LogP contribution in [0, 0.1) is 5.41 Å². The summed E-state index contributed by atoms with van der Waals surface area (Å²) in [6.07, 6.45) is 4.44. The largest absolute Gasteiger partial charge is 0.422 e. The molecule has 1 fully saturated rings. The smallest absolute Gasteiger partial charge is 0.327 e. The fourth-order valence-corrected chi connectivity index (χ4v) is 2.25. The number of ether oxygens (including phenoxy) is 2. The third-order valence-electron chi connectivity index (χ3n) is 3.61. The Hall–Kier alpha value is -1.58. The van der Waals surface area contributed by atoms with Crippen molar-refractivity contribution in [2.24, 2.45) is 5.41 Å². The lowest BCUT2D eigenvalue weighted by Crippen LogP contribution is -2.54. The summed E-state index contributed by atoms with van der Waals surface area (Å²) in [5, 5.41) is 0. The number of carbonyl (C=O) groups is 2. The molecule has 0 aromatic carbocycles. The van der Waals surface area contributed by atoms with Crippen molar-refractivity contribution in [2.75, 3.05) is 0 Å². The van der Waals surface area contributed by atoms with E-state index in [2.05, 4.69) is 0 Å². The van der Waals surface area contributed by atoms with Crippen LogP contribution in [0.4, 0.5) is 0 Å². The molecule has 0 spiro atoms. The average Bonchev–Trinajstić information content (AvgIpc) is 2.34. The highest BCUT2D eigenvalue weighted by Crippen LogP contribution is 2.41. The normalized spacial score (nSPS) is 22.3. The van der Waals surface area contributed by atoms with Crippen molar-refractivity contribution in [1.29, 1.82) is 0 Å². The number of allylic oxidation sites excluding steroid dienone is 4. The molecular formula is C16H24O4. The fourth-order valence-electron chi connectivity index (χ4n) is 2.25. The zero-order valence-corrected chi connectivity index (χ0v) is 13.2. The molecule has 0 N–H and O–H groups in total. The summed E-state index contributed by atoms with van der Waals surface area (Å²) in [4.78, 5) is 24.9. The van der Waals surface area contributed by atoms with Gasteiger partial charge in [-0.2, -0.15) is 0 Å². The van der Waals surface area contributed by atoms with Gasteiger partial charge in [-0.05, 0) is 40.5 Å². The van der Waals surface area contributed by atoms with Gasteiger partial charge in [0.2, 0.25) is 0 Å². The van der Waals surface area contributed by atoms with E-state index in [9.17, 15) is 9.59 Å². The Bertz CT molecular complexity index is 427. The van der Waals surface area contributed by atoms with Crippen molar-refractivity contribution in [3.63, 3.8) is 0 Å². The zero-order valence-electron chi connectivity index (χ0n) is 13.2. The predicted molar refractivity (Wildman–Crippen MR) is 76.8 cm³/mol. The summed E-state index contributed by atoms with van der Waals surface area (Å²) in [6, 6.07) is 0. The summed E-state index contributed by atoms with van der Waals surface area (Å²) in [6.45, 7) is 10.7. The highest BCUT2D eigenvalue weighted by Gasteiger charge is 2.55. The van der Waals surface area contributed by atoms with Gasteiger partial charge < -0.3 is 9.47 Å². The molecule has 0 amide bonds. The molecule has 1 aliphatic heterocycles. The molecule has 1 saturated heterocycles. The summed E-state index contributed by atoms with van der Waals surface area (Å²) < 4.78 is 10.6. The van der Waals surface area contributed by atoms with E-state index in [1.54, 1.807) is 13.8 Å². The average molecular weight is 280 g/mol. The topological polar surface area (TPSA) is 52.6 Å². The van der Waals surface area contributed by atoms with Crippen molar-refractivity contribution in [3.8, 4) is 0 Å². The van der Waals surface area contributed by atoms with E-state index in [1.165, 1.54) is 0 Å². The maximum atomic E-state index is 12.5. The molecule has 20 heavy (non-hydrogen) atoms. The Morgan fingerprint density at radius 2 is 1.30 bits per heavy atom. The van der Waals surface area contributed by atoms with Gasteiger partial charge in [0, 0.05) is 13.8 Å². The van der Waals surface area contributed by atoms with Crippen molar-refractivity contribution < 1.29 is 19.1 Å². The first-order chi connectivity index (χ1) is 9.16. The van der Waals surface area contributed by atoms with Crippen molar-refractivity contribution in [2.45, 2.75) is 60.2 Å². The quantitative estimate of drug-likeness (QED) is 0.449. The Morgan fingerprint density at radius 3 is 1.60 bits per heavy atom. The van der Waals surface area contributed by atoms with Gasteiger partial charge in [-0.1, -0.05) is 23.3 Å². The third kappa shape index (κ3) is 3.30. The molecule has 112 valence electrons.